The Morgan fingerprint density at radius 1 is 1.10 bits per heavy atom. The summed E-state index contributed by atoms with van der Waals surface area (Å²) in [5.74, 6) is -2.44. The van der Waals surface area contributed by atoms with Crippen LogP contribution in [-0.2, 0) is 39.9 Å². The minimum absolute atomic E-state index is 0.0361. The van der Waals surface area contributed by atoms with E-state index in [0.717, 1.165) is 0 Å². The standard InChI is InChI=1S/C21H32N2O7/c1-6-27-18(25)21(19(26)28-7-2,29-14-15-9-8-12-23-13-15)11-10-16(22)17(24)30-20(3,4)5/h8-9,12-13,16H,6-7,10-11,14,22H2,1-5H3. The normalized spacial score (nSPS) is 12.7. The fourth-order valence-corrected chi connectivity index (χ4v) is 2.52. The summed E-state index contributed by atoms with van der Waals surface area (Å²) in [6, 6.07) is 2.38. The molecule has 2 N–H and O–H groups in total. The van der Waals surface area contributed by atoms with E-state index < -0.39 is 35.2 Å². The van der Waals surface area contributed by atoms with E-state index >= 15 is 0 Å². The van der Waals surface area contributed by atoms with Crippen molar-refractivity contribution < 1.29 is 33.3 Å². The van der Waals surface area contributed by atoms with Crippen molar-refractivity contribution in [1.29, 1.82) is 0 Å². The Morgan fingerprint density at radius 2 is 1.70 bits per heavy atom. The number of aromatic nitrogens is 1. The molecule has 0 bridgehead atoms. The van der Waals surface area contributed by atoms with E-state index in [9.17, 15) is 14.4 Å². The molecule has 1 heterocycles. The van der Waals surface area contributed by atoms with E-state index in [-0.39, 0.29) is 32.7 Å². The number of carbonyl (C=O) groups is 3. The van der Waals surface area contributed by atoms with Crippen molar-refractivity contribution in [3.63, 3.8) is 0 Å². The quantitative estimate of drug-likeness (QED) is 0.322. The zero-order valence-corrected chi connectivity index (χ0v) is 18.3. The average Bonchev–Trinajstić information content (AvgIpc) is 2.67. The molecular weight excluding hydrogens is 392 g/mol. The lowest BCUT2D eigenvalue weighted by molar-refractivity contribution is -0.194. The Hall–Kier alpha value is -2.52. The molecule has 1 aromatic rings. The summed E-state index contributed by atoms with van der Waals surface area (Å²) < 4.78 is 21.2. The lowest BCUT2D eigenvalue weighted by Crippen LogP contribution is -2.52. The van der Waals surface area contributed by atoms with Gasteiger partial charge in [0, 0.05) is 18.8 Å². The fourth-order valence-electron chi connectivity index (χ4n) is 2.52. The van der Waals surface area contributed by atoms with Gasteiger partial charge in [0.2, 0.25) is 0 Å². The van der Waals surface area contributed by atoms with Crippen molar-refractivity contribution in [1.82, 2.24) is 4.98 Å². The van der Waals surface area contributed by atoms with Crippen molar-refractivity contribution in [2.45, 2.75) is 71.3 Å². The van der Waals surface area contributed by atoms with Crippen molar-refractivity contribution in [2.75, 3.05) is 13.2 Å². The van der Waals surface area contributed by atoms with Gasteiger partial charge in [-0.2, -0.15) is 0 Å². The molecule has 30 heavy (non-hydrogen) atoms. The monoisotopic (exact) mass is 424 g/mol. The van der Waals surface area contributed by atoms with Gasteiger partial charge >= 0.3 is 17.9 Å². The fraction of sp³-hybridized carbons (Fsp3) is 0.619. The van der Waals surface area contributed by atoms with Gasteiger partial charge in [0.15, 0.2) is 0 Å². The minimum Gasteiger partial charge on any atom is -0.463 e. The van der Waals surface area contributed by atoms with Gasteiger partial charge in [0.1, 0.15) is 11.6 Å². The highest BCUT2D eigenvalue weighted by atomic mass is 16.6. The van der Waals surface area contributed by atoms with Crippen LogP contribution in [0.15, 0.2) is 24.5 Å². The molecule has 168 valence electrons. The molecule has 1 unspecified atom stereocenters. The third kappa shape index (κ3) is 7.72. The number of esters is 3. The number of ether oxygens (including phenoxy) is 4. The lowest BCUT2D eigenvalue weighted by Gasteiger charge is -2.30. The summed E-state index contributed by atoms with van der Waals surface area (Å²) in [6.45, 7) is 8.36. The third-order valence-electron chi connectivity index (χ3n) is 3.94. The number of rotatable bonds is 11. The largest absolute Gasteiger partial charge is 0.463 e. The Morgan fingerprint density at radius 3 is 2.17 bits per heavy atom. The second-order valence-electron chi connectivity index (χ2n) is 7.60. The third-order valence-corrected chi connectivity index (χ3v) is 3.94. The summed E-state index contributed by atoms with van der Waals surface area (Å²) in [4.78, 5) is 41.8. The second kappa shape index (κ2) is 11.6. The summed E-state index contributed by atoms with van der Waals surface area (Å²) in [6.07, 6.45) is 2.87. The summed E-state index contributed by atoms with van der Waals surface area (Å²) in [5.41, 5.74) is 3.80. The van der Waals surface area contributed by atoms with E-state index in [1.54, 1.807) is 59.1 Å². The van der Waals surface area contributed by atoms with Crippen LogP contribution in [-0.4, -0.2) is 53.3 Å². The molecule has 0 saturated carbocycles. The van der Waals surface area contributed by atoms with E-state index in [4.69, 9.17) is 24.7 Å². The molecule has 0 aliphatic carbocycles. The highest BCUT2D eigenvalue weighted by Crippen LogP contribution is 2.26. The topological polar surface area (TPSA) is 127 Å². The van der Waals surface area contributed by atoms with Crippen LogP contribution in [0.5, 0.6) is 0 Å². The zero-order valence-electron chi connectivity index (χ0n) is 18.3. The number of hydrogen-bond donors (Lipinski definition) is 1. The van der Waals surface area contributed by atoms with Gasteiger partial charge in [0.25, 0.3) is 5.60 Å². The molecule has 0 amide bonds. The van der Waals surface area contributed by atoms with E-state index in [2.05, 4.69) is 4.98 Å². The van der Waals surface area contributed by atoms with E-state index in [1.807, 2.05) is 0 Å². The molecular formula is C21H32N2O7. The van der Waals surface area contributed by atoms with Gasteiger partial charge < -0.3 is 24.7 Å². The summed E-state index contributed by atoms with van der Waals surface area (Å²) in [7, 11) is 0. The molecule has 0 saturated heterocycles. The maximum atomic E-state index is 12.8. The van der Waals surface area contributed by atoms with E-state index in [1.165, 1.54) is 0 Å². The van der Waals surface area contributed by atoms with Crippen LogP contribution in [0.25, 0.3) is 0 Å². The molecule has 0 radical (unpaired) electrons. The first-order valence-electron chi connectivity index (χ1n) is 9.91. The maximum absolute atomic E-state index is 12.8. The van der Waals surface area contributed by atoms with Gasteiger partial charge in [-0.3, -0.25) is 9.78 Å². The number of carbonyl (C=O) groups excluding carboxylic acids is 3. The van der Waals surface area contributed by atoms with Gasteiger partial charge in [-0.1, -0.05) is 6.07 Å². The van der Waals surface area contributed by atoms with E-state index in [0.29, 0.717) is 5.56 Å². The van der Waals surface area contributed by atoms with Gasteiger partial charge in [0.05, 0.1) is 19.8 Å². The van der Waals surface area contributed by atoms with Crippen molar-refractivity contribution in [3.8, 4) is 0 Å². The van der Waals surface area contributed by atoms with Crippen molar-refractivity contribution in [2.24, 2.45) is 5.73 Å². The Kier molecular flexibility index (Phi) is 9.88. The first-order chi connectivity index (χ1) is 14.1. The lowest BCUT2D eigenvalue weighted by atomic mass is 9.94. The van der Waals surface area contributed by atoms with Crippen molar-refractivity contribution >= 4 is 17.9 Å². The minimum atomic E-state index is -2.07. The molecule has 9 heteroatoms. The Bertz CT molecular complexity index is 683. The molecule has 0 aromatic carbocycles. The van der Waals surface area contributed by atoms with Crippen LogP contribution in [0.2, 0.25) is 0 Å². The molecule has 1 aromatic heterocycles. The number of pyridine rings is 1. The second-order valence-corrected chi connectivity index (χ2v) is 7.60. The molecule has 1 rings (SSSR count). The van der Waals surface area contributed by atoms with Crippen LogP contribution in [0, 0.1) is 0 Å². The first kappa shape index (κ1) is 25.5. The molecule has 1 atom stereocenters. The van der Waals surface area contributed by atoms with Gasteiger partial charge in [-0.05, 0) is 52.7 Å². The summed E-state index contributed by atoms with van der Waals surface area (Å²) >= 11 is 0. The highest BCUT2D eigenvalue weighted by molar-refractivity contribution is 6.03. The molecule has 0 spiro atoms. The van der Waals surface area contributed by atoms with Gasteiger partial charge in [-0.25, -0.2) is 9.59 Å². The predicted octanol–water partition coefficient (Wildman–Crippen LogP) is 1.91. The smallest absolute Gasteiger partial charge is 0.350 e. The zero-order chi connectivity index (χ0) is 22.8. The highest BCUT2D eigenvalue weighted by Gasteiger charge is 2.50. The average molecular weight is 424 g/mol. The van der Waals surface area contributed by atoms with Crippen LogP contribution < -0.4 is 5.73 Å². The molecule has 0 aliphatic rings. The van der Waals surface area contributed by atoms with Crippen LogP contribution >= 0.6 is 0 Å². The molecule has 0 fully saturated rings. The maximum Gasteiger partial charge on any atom is 0.350 e. The van der Waals surface area contributed by atoms with Gasteiger partial charge in [-0.15, -0.1) is 0 Å². The number of hydrogen-bond acceptors (Lipinski definition) is 9. The summed E-state index contributed by atoms with van der Waals surface area (Å²) in [5, 5.41) is 0. The first-order valence-corrected chi connectivity index (χ1v) is 9.91. The number of nitrogens with two attached hydrogens (primary N) is 1. The van der Waals surface area contributed by atoms with Crippen LogP contribution in [0.4, 0.5) is 0 Å². The van der Waals surface area contributed by atoms with Crippen LogP contribution in [0.3, 0.4) is 0 Å². The number of nitrogens with zero attached hydrogens (tertiary/aromatic N) is 1. The molecule has 0 aliphatic heterocycles. The Balaban J connectivity index is 3.10. The molecule has 9 nitrogen and oxygen atoms in total. The SMILES string of the molecule is CCOC(=O)C(CCC(N)C(=O)OC(C)(C)C)(OCc1cccnc1)C(=O)OCC. The Labute approximate surface area is 177 Å². The van der Waals surface area contributed by atoms with Crippen molar-refractivity contribution in [3.05, 3.63) is 30.1 Å². The van der Waals surface area contributed by atoms with Crippen LogP contribution in [0.1, 0.15) is 53.0 Å². The predicted molar refractivity (Wildman–Crippen MR) is 108 cm³/mol.